The Morgan fingerprint density at radius 2 is 1.06 bits per heavy atom. The zero-order valence-electron chi connectivity index (χ0n) is 32.7. The summed E-state index contributed by atoms with van der Waals surface area (Å²) < 4.78 is 18.0. The van der Waals surface area contributed by atoms with Crippen LogP contribution in [0.5, 0.6) is 0 Å². The topological polar surface area (TPSA) is 85.3 Å². The Balaban J connectivity index is 2.37. The van der Waals surface area contributed by atoms with E-state index in [-0.39, 0.29) is 18.3 Å². The molecule has 1 N–H and O–H groups in total. The first-order valence-electron chi connectivity index (χ1n) is 21.4. The van der Waals surface area contributed by atoms with Gasteiger partial charge in [0.05, 0.1) is 6.61 Å². The van der Waals surface area contributed by atoms with E-state index in [0.717, 1.165) is 77.5 Å². The molecule has 0 amide bonds. The van der Waals surface area contributed by atoms with Gasteiger partial charge in [0.15, 0.2) is 6.29 Å². The fourth-order valence-corrected chi connectivity index (χ4v) is 7.21. The third-order valence-corrected chi connectivity index (χ3v) is 10.3. The van der Waals surface area contributed by atoms with Crippen molar-refractivity contribution in [2.24, 2.45) is 0 Å². The fraction of sp³-hybridized carbons (Fsp3) is 0.952. The van der Waals surface area contributed by atoms with Crippen molar-refractivity contribution in [1.82, 2.24) is 4.90 Å². The minimum absolute atomic E-state index is 0.147. The Bertz CT molecular complexity index is 731. The average molecular weight is 696 g/mol. The molecule has 0 aliphatic carbocycles. The third kappa shape index (κ3) is 26.3. The SMILES string of the molecule is CCCCCCCCCCCCC(CCOC(=O)CCCCC(OCCCCCCCC)OCCCCCCCC)N1CCC[C@@H]1C(=O)O. The summed E-state index contributed by atoms with van der Waals surface area (Å²) in [5.41, 5.74) is 0. The Hall–Kier alpha value is -1.18. The molecule has 1 unspecified atom stereocenters. The number of rotatable bonds is 37. The number of likely N-dealkylation sites (tertiary alicyclic amines) is 1. The molecular weight excluding hydrogens is 614 g/mol. The van der Waals surface area contributed by atoms with Gasteiger partial charge in [-0.2, -0.15) is 0 Å². The van der Waals surface area contributed by atoms with E-state index in [1.54, 1.807) is 0 Å². The van der Waals surface area contributed by atoms with Crippen LogP contribution in [-0.4, -0.2) is 66.7 Å². The van der Waals surface area contributed by atoms with Gasteiger partial charge in [-0.3, -0.25) is 14.5 Å². The van der Waals surface area contributed by atoms with Gasteiger partial charge in [0.25, 0.3) is 0 Å². The van der Waals surface area contributed by atoms with E-state index in [1.165, 1.54) is 122 Å². The van der Waals surface area contributed by atoms with Gasteiger partial charge in [0, 0.05) is 25.7 Å². The van der Waals surface area contributed by atoms with Crippen molar-refractivity contribution < 1.29 is 28.9 Å². The number of esters is 1. The van der Waals surface area contributed by atoms with Crippen molar-refractivity contribution in [1.29, 1.82) is 0 Å². The van der Waals surface area contributed by atoms with Crippen molar-refractivity contribution in [3.8, 4) is 0 Å². The molecular formula is C42H81NO6. The lowest BCUT2D eigenvalue weighted by Crippen LogP contribution is -2.43. The normalized spacial score (nSPS) is 15.7. The lowest BCUT2D eigenvalue weighted by atomic mass is 10.0. The number of hydrogen-bond donors (Lipinski definition) is 1. The van der Waals surface area contributed by atoms with E-state index in [0.29, 0.717) is 19.4 Å². The van der Waals surface area contributed by atoms with Crippen LogP contribution in [0.15, 0.2) is 0 Å². The molecule has 0 radical (unpaired) electrons. The monoisotopic (exact) mass is 696 g/mol. The first-order chi connectivity index (χ1) is 24.0. The van der Waals surface area contributed by atoms with Crippen LogP contribution in [0.1, 0.15) is 213 Å². The predicted octanol–water partition coefficient (Wildman–Crippen LogP) is 11.8. The minimum atomic E-state index is -0.715. The number of hydrogen-bond acceptors (Lipinski definition) is 6. The van der Waals surface area contributed by atoms with Gasteiger partial charge in [-0.15, -0.1) is 0 Å². The van der Waals surface area contributed by atoms with Crippen LogP contribution in [0.25, 0.3) is 0 Å². The third-order valence-electron chi connectivity index (χ3n) is 10.3. The number of unbranched alkanes of at least 4 members (excludes halogenated alkanes) is 20. The average Bonchev–Trinajstić information content (AvgIpc) is 3.59. The molecule has 7 nitrogen and oxygen atoms in total. The molecule has 49 heavy (non-hydrogen) atoms. The van der Waals surface area contributed by atoms with Crippen molar-refractivity contribution in [3.63, 3.8) is 0 Å². The molecule has 1 aliphatic rings. The molecule has 1 heterocycles. The van der Waals surface area contributed by atoms with Crippen LogP contribution in [0, 0.1) is 0 Å². The highest BCUT2D eigenvalue weighted by molar-refractivity contribution is 5.73. The second-order valence-corrected chi connectivity index (χ2v) is 14.8. The highest BCUT2D eigenvalue weighted by Crippen LogP contribution is 2.26. The van der Waals surface area contributed by atoms with E-state index >= 15 is 0 Å². The van der Waals surface area contributed by atoms with Crippen LogP contribution < -0.4 is 0 Å². The molecule has 0 aromatic carbocycles. The van der Waals surface area contributed by atoms with E-state index in [2.05, 4.69) is 25.7 Å². The van der Waals surface area contributed by atoms with Crippen LogP contribution in [0.3, 0.4) is 0 Å². The summed E-state index contributed by atoms with van der Waals surface area (Å²) in [4.78, 5) is 26.8. The molecule has 7 heteroatoms. The van der Waals surface area contributed by atoms with Crippen molar-refractivity contribution >= 4 is 11.9 Å². The molecule has 1 fully saturated rings. The maximum atomic E-state index is 12.7. The van der Waals surface area contributed by atoms with Gasteiger partial charge in [-0.1, -0.05) is 149 Å². The van der Waals surface area contributed by atoms with Crippen LogP contribution in [0.2, 0.25) is 0 Å². The van der Waals surface area contributed by atoms with E-state index in [1.807, 2.05) is 0 Å². The molecule has 2 atom stereocenters. The predicted molar refractivity (Wildman–Crippen MR) is 204 cm³/mol. The van der Waals surface area contributed by atoms with Crippen LogP contribution >= 0.6 is 0 Å². The fourth-order valence-electron chi connectivity index (χ4n) is 7.21. The Kier molecular flexibility index (Phi) is 31.7. The second-order valence-electron chi connectivity index (χ2n) is 14.8. The summed E-state index contributed by atoms with van der Waals surface area (Å²) in [7, 11) is 0. The van der Waals surface area contributed by atoms with Crippen molar-refractivity contribution in [3.05, 3.63) is 0 Å². The van der Waals surface area contributed by atoms with Crippen LogP contribution in [0.4, 0.5) is 0 Å². The van der Waals surface area contributed by atoms with Gasteiger partial charge < -0.3 is 19.3 Å². The smallest absolute Gasteiger partial charge is 0.320 e. The summed E-state index contributed by atoms with van der Waals surface area (Å²) in [5, 5.41) is 9.81. The van der Waals surface area contributed by atoms with Gasteiger partial charge in [-0.25, -0.2) is 0 Å². The number of carbonyl (C=O) groups is 2. The molecule has 1 rings (SSSR count). The lowest BCUT2D eigenvalue weighted by molar-refractivity contribution is -0.150. The number of carboxylic acid groups (broad SMARTS) is 1. The molecule has 0 saturated carbocycles. The molecule has 0 aromatic rings. The second kappa shape index (κ2) is 33.9. The Morgan fingerprint density at radius 1 is 0.592 bits per heavy atom. The zero-order chi connectivity index (χ0) is 35.6. The summed E-state index contributed by atoms with van der Waals surface area (Å²) in [6.45, 7) is 9.45. The highest BCUT2D eigenvalue weighted by Gasteiger charge is 2.35. The first kappa shape index (κ1) is 45.8. The molecule has 290 valence electrons. The lowest BCUT2D eigenvalue weighted by Gasteiger charge is -2.31. The number of carbonyl (C=O) groups excluding carboxylic acids is 1. The maximum Gasteiger partial charge on any atom is 0.320 e. The minimum Gasteiger partial charge on any atom is -0.480 e. The van der Waals surface area contributed by atoms with Crippen molar-refractivity contribution in [2.75, 3.05) is 26.4 Å². The zero-order valence-corrected chi connectivity index (χ0v) is 32.7. The van der Waals surface area contributed by atoms with E-state index in [9.17, 15) is 14.7 Å². The van der Waals surface area contributed by atoms with Gasteiger partial charge in [0.1, 0.15) is 6.04 Å². The largest absolute Gasteiger partial charge is 0.480 e. The summed E-state index contributed by atoms with van der Waals surface area (Å²) in [5.74, 6) is -0.862. The molecule has 0 aromatic heterocycles. The molecule has 1 aliphatic heterocycles. The summed E-state index contributed by atoms with van der Waals surface area (Å²) >= 11 is 0. The molecule has 0 bridgehead atoms. The summed E-state index contributed by atoms with van der Waals surface area (Å²) in [6, 6.07) is -0.234. The number of aliphatic carboxylic acids is 1. The first-order valence-corrected chi connectivity index (χ1v) is 21.4. The Morgan fingerprint density at radius 3 is 1.57 bits per heavy atom. The van der Waals surface area contributed by atoms with Gasteiger partial charge in [-0.05, 0) is 64.3 Å². The van der Waals surface area contributed by atoms with Gasteiger partial charge >= 0.3 is 11.9 Å². The van der Waals surface area contributed by atoms with E-state index < -0.39 is 12.0 Å². The van der Waals surface area contributed by atoms with Gasteiger partial charge in [0.2, 0.25) is 0 Å². The maximum absolute atomic E-state index is 12.7. The number of ether oxygens (including phenoxy) is 3. The summed E-state index contributed by atoms with van der Waals surface area (Å²) in [6.07, 6.45) is 33.9. The Labute approximate surface area is 303 Å². The quantitative estimate of drug-likeness (QED) is 0.0393. The highest BCUT2D eigenvalue weighted by atomic mass is 16.7. The number of nitrogens with zero attached hydrogens (tertiary/aromatic N) is 1. The standard InChI is InChI=1S/C42H81NO6/c1-4-7-10-13-16-17-18-19-20-23-29-38(43-34-28-30-39(43)42(45)46)33-37-47-40(44)31-24-25-32-41(48-35-26-21-14-11-8-5-2)49-36-27-22-15-12-9-6-3/h38-39,41H,4-37H2,1-3H3,(H,45,46)/t38?,39-/m1/s1. The number of carboxylic acids is 1. The van der Waals surface area contributed by atoms with Crippen molar-refractivity contribution in [2.45, 2.75) is 232 Å². The van der Waals surface area contributed by atoms with Crippen LogP contribution in [-0.2, 0) is 23.8 Å². The molecule has 1 saturated heterocycles. The molecule has 0 spiro atoms. The van der Waals surface area contributed by atoms with E-state index in [4.69, 9.17) is 14.2 Å².